The molecule has 0 radical (unpaired) electrons. The van der Waals surface area contributed by atoms with Gasteiger partial charge in [-0.1, -0.05) is 35.5 Å². The standard InChI is InChI=1S/C14H20B2O6S/c1-13-5-17-15(18-6-13,19-7-13)11-3-4-12(23-11)16-20-8-14(2,9-21-16)10-22-16/h3-4H,5-10H2,1-2H3/q-2. The van der Waals surface area contributed by atoms with Crippen LogP contribution in [0.1, 0.15) is 13.8 Å². The van der Waals surface area contributed by atoms with Crippen molar-refractivity contribution in [3.05, 3.63) is 12.1 Å². The lowest BCUT2D eigenvalue weighted by molar-refractivity contribution is -0.119. The van der Waals surface area contributed by atoms with E-state index in [0.717, 1.165) is 9.55 Å². The highest BCUT2D eigenvalue weighted by atomic mass is 32.1. The van der Waals surface area contributed by atoms with Crippen molar-refractivity contribution in [2.45, 2.75) is 13.8 Å². The highest BCUT2D eigenvalue weighted by molar-refractivity contribution is 7.32. The summed E-state index contributed by atoms with van der Waals surface area (Å²) >= 11 is 1.55. The van der Waals surface area contributed by atoms with Gasteiger partial charge in [-0.25, -0.2) is 11.3 Å². The normalized spacial score (nSPS) is 48.8. The van der Waals surface area contributed by atoms with Gasteiger partial charge in [0.2, 0.25) is 0 Å². The first-order valence-electron chi connectivity index (χ1n) is 8.16. The zero-order valence-corrected chi connectivity index (χ0v) is 14.2. The Balaban J connectivity index is 1.43. The Hall–Kier alpha value is -0.410. The van der Waals surface area contributed by atoms with Crippen LogP contribution in [-0.4, -0.2) is 53.2 Å². The first-order chi connectivity index (χ1) is 11.0. The minimum atomic E-state index is -1.83. The molecule has 0 aliphatic carbocycles. The Morgan fingerprint density at radius 2 is 1.00 bits per heavy atom. The topological polar surface area (TPSA) is 55.4 Å². The van der Waals surface area contributed by atoms with E-state index < -0.39 is 13.5 Å². The Morgan fingerprint density at radius 3 is 1.30 bits per heavy atom. The molecule has 23 heavy (non-hydrogen) atoms. The predicted octanol–water partition coefficient (Wildman–Crippen LogP) is 0.206. The fraction of sp³-hybridized carbons (Fsp3) is 0.714. The Kier molecular flexibility index (Phi) is 2.98. The summed E-state index contributed by atoms with van der Waals surface area (Å²) < 4.78 is 37.6. The third kappa shape index (κ3) is 2.11. The molecule has 0 spiro atoms. The fourth-order valence-electron chi connectivity index (χ4n) is 3.65. The van der Waals surface area contributed by atoms with E-state index in [1.165, 1.54) is 0 Å². The molecule has 1 aromatic heterocycles. The highest BCUT2D eigenvalue weighted by Crippen LogP contribution is 2.37. The van der Waals surface area contributed by atoms with E-state index in [1.807, 2.05) is 12.1 Å². The summed E-state index contributed by atoms with van der Waals surface area (Å²) in [6.45, 7) is 4.57. The molecule has 6 aliphatic rings. The summed E-state index contributed by atoms with van der Waals surface area (Å²) in [5, 5.41) is 0. The summed E-state index contributed by atoms with van der Waals surface area (Å²) in [5.41, 5.74) is -0.0580. The summed E-state index contributed by atoms with van der Waals surface area (Å²) in [4.78, 5) is 0. The van der Waals surface area contributed by atoms with E-state index in [1.54, 1.807) is 11.3 Å². The maximum absolute atomic E-state index is 5.96. The summed E-state index contributed by atoms with van der Waals surface area (Å²) in [6, 6.07) is 3.98. The van der Waals surface area contributed by atoms with E-state index in [0.29, 0.717) is 39.6 Å². The molecule has 0 aromatic carbocycles. The van der Waals surface area contributed by atoms with Crippen LogP contribution in [0.3, 0.4) is 0 Å². The number of thiophene rings is 1. The molecule has 6 fully saturated rings. The molecule has 6 aliphatic heterocycles. The van der Waals surface area contributed by atoms with E-state index in [-0.39, 0.29) is 10.8 Å². The Bertz CT molecular complexity index is 547. The molecule has 6 saturated heterocycles. The van der Waals surface area contributed by atoms with Gasteiger partial charge >= 0.3 is 13.5 Å². The second-order valence-electron chi connectivity index (χ2n) is 8.01. The zero-order valence-electron chi connectivity index (χ0n) is 13.4. The van der Waals surface area contributed by atoms with Crippen molar-refractivity contribution in [1.82, 2.24) is 0 Å². The molecule has 4 bridgehead atoms. The SMILES string of the molecule is CC12CO[B-](c3ccc([B-]45OCC(C)(CO4)CO5)s3)(OC1)OC2. The van der Waals surface area contributed by atoms with Crippen molar-refractivity contribution in [3.8, 4) is 0 Å². The van der Waals surface area contributed by atoms with Crippen LogP contribution in [0, 0.1) is 10.8 Å². The van der Waals surface area contributed by atoms with Crippen molar-refractivity contribution in [2.75, 3.05) is 39.6 Å². The van der Waals surface area contributed by atoms with E-state index in [4.69, 9.17) is 27.9 Å². The van der Waals surface area contributed by atoms with Crippen molar-refractivity contribution in [1.29, 1.82) is 0 Å². The van der Waals surface area contributed by atoms with Crippen LogP contribution in [0.15, 0.2) is 12.1 Å². The van der Waals surface area contributed by atoms with Gasteiger partial charge in [-0.2, -0.15) is 0 Å². The second kappa shape index (κ2) is 4.60. The van der Waals surface area contributed by atoms with Gasteiger partial charge in [0.15, 0.2) is 0 Å². The summed E-state index contributed by atoms with van der Waals surface area (Å²) in [7, 11) is 0. The number of hydrogen-bond donors (Lipinski definition) is 0. The first-order valence-corrected chi connectivity index (χ1v) is 8.98. The van der Waals surface area contributed by atoms with Gasteiger partial charge in [0.1, 0.15) is 0 Å². The summed E-state index contributed by atoms with van der Waals surface area (Å²) in [6.07, 6.45) is 0. The molecule has 1 aromatic rings. The molecule has 7 rings (SSSR count). The quantitative estimate of drug-likeness (QED) is 0.719. The van der Waals surface area contributed by atoms with Crippen molar-refractivity contribution in [3.63, 3.8) is 0 Å². The van der Waals surface area contributed by atoms with Crippen LogP contribution >= 0.6 is 11.3 Å². The highest BCUT2D eigenvalue weighted by Gasteiger charge is 2.50. The predicted molar refractivity (Wildman–Crippen MR) is 87.0 cm³/mol. The number of fused-ring (bicyclic) bond motifs is 6. The maximum atomic E-state index is 5.96. The van der Waals surface area contributed by atoms with Crippen LogP contribution in [0.4, 0.5) is 0 Å². The average molecular weight is 338 g/mol. The van der Waals surface area contributed by atoms with Crippen molar-refractivity contribution in [2.24, 2.45) is 10.8 Å². The minimum Gasteiger partial charge on any atom is -0.540 e. The van der Waals surface area contributed by atoms with Gasteiger partial charge in [-0.15, -0.1) is 0 Å². The van der Waals surface area contributed by atoms with Crippen LogP contribution in [0.5, 0.6) is 0 Å². The molecule has 126 valence electrons. The molecule has 7 heterocycles. The first kappa shape index (κ1) is 14.9. The van der Waals surface area contributed by atoms with Crippen LogP contribution < -0.4 is 9.55 Å². The lowest BCUT2D eigenvalue weighted by Gasteiger charge is -2.58. The van der Waals surface area contributed by atoms with Crippen molar-refractivity contribution < 1.29 is 27.9 Å². The van der Waals surface area contributed by atoms with Crippen LogP contribution in [0.2, 0.25) is 0 Å². The third-order valence-electron chi connectivity index (χ3n) is 5.25. The van der Waals surface area contributed by atoms with Crippen LogP contribution in [0.25, 0.3) is 0 Å². The van der Waals surface area contributed by atoms with E-state index in [2.05, 4.69) is 13.8 Å². The molecule has 6 nitrogen and oxygen atoms in total. The maximum Gasteiger partial charge on any atom is 0.419 e. The van der Waals surface area contributed by atoms with Gasteiger partial charge in [-0.05, 0) is 0 Å². The van der Waals surface area contributed by atoms with Gasteiger partial charge in [0, 0.05) is 50.5 Å². The lowest BCUT2D eigenvalue weighted by Crippen LogP contribution is -2.69. The molecular weight excluding hydrogens is 318 g/mol. The van der Waals surface area contributed by atoms with E-state index in [9.17, 15) is 0 Å². The Labute approximate surface area is 139 Å². The molecule has 9 heteroatoms. The fourth-order valence-corrected chi connectivity index (χ4v) is 4.89. The van der Waals surface area contributed by atoms with E-state index >= 15 is 0 Å². The molecule has 0 N–H and O–H groups in total. The van der Waals surface area contributed by atoms with Gasteiger partial charge in [0.05, 0.1) is 0 Å². The number of rotatable bonds is 2. The van der Waals surface area contributed by atoms with Gasteiger partial charge in [-0.3, -0.25) is 0 Å². The van der Waals surface area contributed by atoms with Crippen molar-refractivity contribution >= 4 is 34.4 Å². The number of hydrogen-bond acceptors (Lipinski definition) is 7. The van der Waals surface area contributed by atoms with Gasteiger partial charge < -0.3 is 27.9 Å². The van der Waals surface area contributed by atoms with Crippen LogP contribution in [-0.2, 0) is 27.9 Å². The zero-order chi connectivity index (χ0) is 15.8. The molecule has 0 saturated carbocycles. The van der Waals surface area contributed by atoms with Gasteiger partial charge in [0.25, 0.3) is 0 Å². The lowest BCUT2D eigenvalue weighted by atomic mass is 9.68. The smallest absolute Gasteiger partial charge is 0.419 e. The summed E-state index contributed by atoms with van der Waals surface area (Å²) in [5.74, 6) is 0. The minimum absolute atomic E-state index is 0.0290. The molecule has 0 unspecified atom stereocenters. The largest absolute Gasteiger partial charge is 0.540 e. The second-order valence-corrected chi connectivity index (χ2v) is 9.16. The monoisotopic (exact) mass is 338 g/mol. The third-order valence-corrected chi connectivity index (χ3v) is 6.57. The molecule has 0 amide bonds. The molecule has 0 atom stereocenters. The average Bonchev–Trinajstić information content (AvgIpc) is 3.09. The Morgan fingerprint density at radius 1 is 0.696 bits per heavy atom. The molecular formula is C14H20B2O6S-2.